The third-order valence-corrected chi connectivity index (χ3v) is 3.71. The molecule has 0 bridgehead atoms. The van der Waals surface area contributed by atoms with Crippen molar-refractivity contribution in [2.24, 2.45) is 0 Å². The monoisotopic (exact) mass is 244 g/mol. The summed E-state index contributed by atoms with van der Waals surface area (Å²) in [5.41, 5.74) is 2.23. The van der Waals surface area contributed by atoms with Gasteiger partial charge < -0.3 is 9.84 Å². The number of Topliss-reactive ketones (excluding diaryl/α,β-unsaturated/α-hetero) is 1. The highest BCUT2D eigenvalue weighted by atomic mass is 16.6. The highest BCUT2D eigenvalue weighted by Gasteiger charge is 2.35. The Balaban J connectivity index is 2.03. The summed E-state index contributed by atoms with van der Waals surface area (Å²) < 4.78 is 5.34. The minimum atomic E-state index is -0.865. The number of hydrogen-bond acceptors (Lipinski definition) is 3. The number of rotatable bonds is 1. The minimum Gasteiger partial charge on any atom is -0.461 e. The van der Waals surface area contributed by atoms with E-state index in [0.717, 1.165) is 24.0 Å². The summed E-state index contributed by atoms with van der Waals surface area (Å²) in [7, 11) is 0. The van der Waals surface area contributed by atoms with Gasteiger partial charge in [-0.1, -0.05) is 30.3 Å². The highest BCUT2D eigenvalue weighted by molar-refractivity contribution is 5.95. The van der Waals surface area contributed by atoms with E-state index in [9.17, 15) is 9.90 Å². The van der Waals surface area contributed by atoms with Gasteiger partial charge in [0.2, 0.25) is 0 Å². The molecule has 3 heteroatoms. The van der Waals surface area contributed by atoms with Gasteiger partial charge >= 0.3 is 0 Å². The van der Waals surface area contributed by atoms with Crippen molar-refractivity contribution in [3.63, 3.8) is 0 Å². The lowest BCUT2D eigenvalue weighted by atomic mass is 9.80. The highest BCUT2D eigenvalue weighted by Crippen LogP contribution is 2.41. The van der Waals surface area contributed by atoms with Gasteiger partial charge in [0.05, 0.1) is 0 Å². The Morgan fingerprint density at radius 2 is 1.94 bits per heavy atom. The second-order valence-electron chi connectivity index (χ2n) is 4.90. The summed E-state index contributed by atoms with van der Waals surface area (Å²) in [5.74, 6) is 0.582. The summed E-state index contributed by atoms with van der Waals surface area (Å²) in [6, 6.07) is 10.0. The number of ether oxygens (including phenoxy) is 1. The quantitative estimate of drug-likeness (QED) is 0.825. The van der Waals surface area contributed by atoms with E-state index in [-0.39, 0.29) is 11.7 Å². The largest absolute Gasteiger partial charge is 0.461 e. The predicted molar refractivity (Wildman–Crippen MR) is 66.8 cm³/mol. The Hall–Kier alpha value is -1.61. The molecule has 0 fully saturated rings. The maximum atomic E-state index is 11.9. The van der Waals surface area contributed by atoms with Gasteiger partial charge in [0.25, 0.3) is 0 Å². The lowest BCUT2D eigenvalue weighted by molar-refractivity contribution is -0.132. The van der Waals surface area contributed by atoms with Crippen LogP contribution in [0, 0.1) is 0 Å². The molecule has 1 aliphatic heterocycles. The molecule has 0 radical (unpaired) electrons. The number of hydrogen-bond donors (Lipinski definition) is 1. The van der Waals surface area contributed by atoms with E-state index >= 15 is 0 Å². The fourth-order valence-corrected chi connectivity index (χ4v) is 2.87. The zero-order valence-electron chi connectivity index (χ0n) is 10.1. The van der Waals surface area contributed by atoms with Crippen LogP contribution in [0.1, 0.15) is 37.2 Å². The van der Waals surface area contributed by atoms with Crippen molar-refractivity contribution in [3.8, 4) is 0 Å². The van der Waals surface area contributed by atoms with Crippen LogP contribution in [0.5, 0.6) is 0 Å². The molecule has 2 atom stereocenters. The molecule has 0 saturated heterocycles. The minimum absolute atomic E-state index is 0.0379. The van der Waals surface area contributed by atoms with Crippen molar-refractivity contribution in [2.45, 2.75) is 37.9 Å². The van der Waals surface area contributed by atoms with Gasteiger partial charge in [-0.15, -0.1) is 0 Å². The first-order valence-electron chi connectivity index (χ1n) is 6.41. The maximum absolute atomic E-state index is 11.9. The van der Waals surface area contributed by atoms with Crippen LogP contribution in [-0.4, -0.2) is 17.2 Å². The van der Waals surface area contributed by atoms with Gasteiger partial charge in [-0.2, -0.15) is 0 Å². The Labute approximate surface area is 106 Å². The number of ketones is 1. The van der Waals surface area contributed by atoms with Gasteiger partial charge in [-0.25, -0.2) is 0 Å². The predicted octanol–water partition coefficient (Wildman–Crippen LogP) is 2.52. The first-order valence-corrected chi connectivity index (χ1v) is 6.41. The molecule has 1 aromatic carbocycles. The standard InChI is InChI=1S/C15H16O3/c16-13-8-4-7-11-12(9-14(17)18-15(11)13)10-5-2-1-3-6-10/h1-3,5-6,12,14,17H,4,7-9H2/t12-,14?/m1/s1. The van der Waals surface area contributed by atoms with Crippen molar-refractivity contribution in [3.05, 3.63) is 47.2 Å². The van der Waals surface area contributed by atoms with E-state index in [2.05, 4.69) is 0 Å². The normalized spacial score (nSPS) is 27.7. The Morgan fingerprint density at radius 3 is 2.72 bits per heavy atom. The zero-order valence-corrected chi connectivity index (χ0v) is 10.1. The molecule has 18 heavy (non-hydrogen) atoms. The van der Waals surface area contributed by atoms with Gasteiger partial charge in [0, 0.05) is 18.8 Å². The first-order chi connectivity index (χ1) is 8.75. The number of benzene rings is 1. The molecule has 3 nitrogen and oxygen atoms in total. The van der Waals surface area contributed by atoms with Gasteiger partial charge in [-0.3, -0.25) is 4.79 Å². The van der Waals surface area contributed by atoms with Crippen molar-refractivity contribution in [2.75, 3.05) is 0 Å². The number of allylic oxidation sites excluding steroid dienone is 2. The summed E-state index contributed by atoms with van der Waals surface area (Å²) in [6.07, 6.45) is 1.99. The molecular formula is C15H16O3. The average molecular weight is 244 g/mol. The van der Waals surface area contributed by atoms with Crippen molar-refractivity contribution in [1.29, 1.82) is 0 Å². The number of aliphatic hydroxyl groups is 1. The Bertz CT molecular complexity index is 490. The molecule has 1 aromatic rings. The molecule has 0 saturated carbocycles. The molecule has 1 unspecified atom stereocenters. The number of carbonyl (C=O) groups is 1. The molecule has 0 amide bonds. The third kappa shape index (κ3) is 1.95. The summed E-state index contributed by atoms with van der Waals surface area (Å²) in [6.45, 7) is 0. The van der Waals surface area contributed by atoms with Crippen LogP contribution in [0.15, 0.2) is 41.7 Å². The zero-order chi connectivity index (χ0) is 12.5. The first kappa shape index (κ1) is 11.5. The van der Waals surface area contributed by atoms with Crippen LogP contribution < -0.4 is 0 Å². The van der Waals surface area contributed by atoms with Crippen molar-refractivity contribution < 1.29 is 14.6 Å². The number of aliphatic hydroxyl groups excluding tert-OH is 1. The van der Waals surface area contributed by atoms with E-state index in [0.29, 0.717) is 18.6 Å². The molecule has 94 valence electrons. The fourth-order valence-electron chi connectivity index (χ4n) is 2.87. The summed E-state index contributed by atoms with van der Waals surface area (Å²) >= 11 is 0. The smallest absolute Gasteiger partial charge is 0.198 e. The average Bonchev–Trinajstić information content (AvgIpc) is 2.40. The van der Waals surface area contributed by atoms with Gasteiger partial charge in [0.1, 0.15) is 0 Å². The Kier molecular flexibility index (Phi) is 2.92. The van der Waals surface area contributed by atoms with Crippen molar-refractivity contribution in [1.82, 2.24) is 0 Å². The maximum Gasteiger partial charge on any atom is 0.198 e. The lowest BCUT2D eigenvalue weighted by Crippen LogP contribution is -2.29. The molecule has 3 rings (SSSR count). The second-order valence-corrected chi connectivity index (χ2v) is 4.90. The molecular weight excluding hydrogens is 228 g/mol. The Morgan fingerprint density at radius 1 is 1.17 bits per heavy atom. The molecule has 2 aliphatic rings. The van der Waals surface area contributed by atoms with Crippen LogP contribution in [0.3, 0.4) is 0 Å². The number of carbonyl (C=O) groups excluding carboxylic acids is 1. The van der Waals surface area contributed by atoms with Crippen LogP contribution in [0.2, 0.25) is 0 Å². The second kappa shape index (κ2) is 4.58. The van der Waals surface area contributed by atoms with Crippen LogP contribution in [0.4, 0.5) is 0 Å². The van der Waals surface area contributed by atoms with Crippen molar-refractivity contribution >= 4 is 5.78 Å². The summed E-state index contributed by atoms with van der Waals surface area (Å²) in [5, 5.41) is 9.79. The molecule has 0 aromatic heterocycles. The van der Waals surface area contributed by atoms with Gasteiger partial charge in [-0.05, 0) is 24.0 Å². The van der Waals surface area contributed by atoms with Crippen LogP contribution >= 0.6 is 0 Å². The summed E-state index contributed by atoms with van der Waals surface area (Å²) in [4.78, 5) is 11.9. The lowest BCUT2D eigenvalue weighted by Gasteiger charge is -2.34. The van der Waals surface area contributed by atoms with Crippen LogP contribution in [0.25, 0.3) is 0 Å². The van der Waals surface area contributed by atoms with E-state index < -0.39 is 6.29 Å². The molecule has 1 heterocycles. The molecule has 1 aliphatic carbocycles. The third-order valence-electron chi connectivity index (χ3n) is 3.71. The fraction of sp³-hybridized carbons (Fsp3) is 0.400. The van der Waals surface area contributed by atoms with E-state index in [1.54, 1.807) is 0 Å². The topological polar surface area (TPSA) is 46.5 Å². The SMILES string of the molecule is O=C1CCCC2=C1OC(O)C[C@@H]2c1ccccc1. The molecule has 1 N–H and O–H groups in total. The van der Waals surface area contributed by atoms with Gasteiger partial charge in [0.15, 0.2) is 17.8 Å². The molecule has 0 spiro atoms. The van der Waals surface area contributed by atoms with E-state index in [4.69, 9.17) is 4.74 Å². The van der Waals surface area contributed by atoms with E-state index in [1.807, 2.05) is 30.3 Å². The van der Waals surface area contributed by atoms with Crippen LogP contribution in [-0.2, 0) is 9.53 Å². The van der Waals surface area contributed by atoms with E-state index in [1.165, 1.54) is 0 Å².